The van der Waals surface area contributed by atoms with E-state index >= 15 is 0 Å². The van der Waals surface area contributed by atoms with Crippen molar-refractivity contribution < 1.29 is 4.79 Å². The third kappa shape index (κ3) is 6.23. The van der Waals surface area contributed by atoms with Gasteiger partial charge in [-0.1, -0.05) is 73.9 Å². The third-order valence-corrected chi connectivity index (χ3v) is 6.10. The number of aryl methyl sites for hydroxylation is 2. The number of nitrogens with zero attached hydrogens (tertiary/aromatic N) is 3. The summed E-state index contributed by atoms with van der Waals surface area (Å²) in [6.45, 7) is 4.51. The van der Waals surface area contributed by atoms with Crippen LogP contribution in [0.5, 0.6) is 0 Å². The van der Waals surface area contributed by atoms with E-state index in [0.29, 0.717) is 18.3 Å². The highest BCUT2D eigenvalue weighted by molar-refractivity contribution is 7.99. The molecule has 1 heterocycles. The lowest BCUT2D eigenvalue weighted by atomic mass is 10.1. The van der Waals surface area contributed by atoms with E-state index in [-0.39, 0.29) is 5.91 Å². The molecule has 2 aromatic rings. The Kier molecular flexibility index (Phi) is 8.15. The number of aromatic nitrogens is 3. The molecular weight excluding hydrogens is 368 g/mol. The van der Waals surface area contributed by atoms with Crippen LogP contribution in [-0.2, 0) is 24.2 Å². The number of hydrogen-bond donors (Lipinski definition) is 1. The first-order valence-corrected chi connectivity index (χ1v) is 11.2. The van der Waals surface area contributed by atoms with E-state index < -0.39 is 0 Å². The van der Waals surface area contributed by atoms with Crippen LogP contribution in [-0.4, -0.2) is 32.5 Å². The fourth-order valence-electron chi connectivity index (χ4n) is 3.65. The van der Waals surface area contributed by atoms with Gasteiger partial charge in [-0.15, -0.1) is 16.8 Å². The van der Waals surface area contributed by atoms with E-state index in [1.165, 1.54) is 43.0 Å². The minimum Gasteiger partial charge on any atom is -0.353 e. The average molecular weight is 399 g/mol. The first-order chi connectivity index (χ1) is 13.8. The van der Waals surface area contributed by atoms with Gasteiger partial charge in [0.05, 0.1) is 5.75 Å². The second kappa shape index (κ2) is 11.1. The summed E-state index contributed by atoms with van der Waals surface area (Å²) in [4.78, 5) is 12.4. The smallest absolute Gasteiger partial charge is 0.230 e. The Morgan fingerprint density at radius 2 is 1.89 bits per heavy atom. The second-order valence-electron chi connectivity index (χ2n) is 7.33. The van der Waals surface area contributed by atoms with Gasteiger partial charge < -0.3 is 9.88 Å². The summed E-state index contributed by atoms with van der Waals surface area (Å²) in [5, 5.41) is 12.7. The van der Waals surface area contributed by atoms with Crippen LogP contribution in [0, 0.1) is 0 Å². The number of rotatable bonds is 9. The van der Waals surface area contributed by atoms with Gasteiger partial charge in [-0.2, -0.15) is 0 Å². The number of nitrogens with one attached hydrogen (secondary N) is 1. The summed E-state index contributed by atoms with van der Waals surface area (Å²) in [7, 11) is 0. The molecule has 1 amide bonds. The van der Waals surface area contributed by atoms with E-state index in [4.69, 9.17) is 0 Å². The van der Waals surface area contributed by atoms with Crippen LogP contribution < -0.4 is 5.32 Å². The normalized spacial score (nSPS) is 15.1. The zero-order chi connectivity index (χ0) is 19.6. The van der Waals surface area contributed by atoms with Crippen LogP contribution in [0.15, 0.2) is 48.1 Å². The zero-order valence-electron chi connectivity index (χ0n) is 16.5. The number of carbonyl (C=O) groups is 1. The van der Waals surface area contributed by atoms with Crippen molar-refractivity contribution in [3.63, 3.8) is 0 Å². The number of benzene rings is 1. The first kappa shape index (κ1) is 20.6. The molecule has 0 unspecified atom stereocenters. The fourth-order valence-corrected chi connectivity index (χ4v) is 4.42. The summed E-state index contributed by atoms with van der Waals surface area (Å²) in [6, 6.07) is 10.7. The Morgan fingerprint density at radius 3 is 2.61 bits per heavy atom. The largest absolute Gasteiger partial charge is 0.353 e. The highest BCUT2D eigenvalue weighted by atomic mass is 32.2. The minimum absolute atomic E-state index is 0.0934. The molecular formula is C22H30N4OS. The van der Waals surface area contributed by atoms with Crippen molar-refractivity contribution in [3.8, 4) is 0 Å². The van der Waals surface area contributed by atoms with Gasteiger partial charge >= 0.3 is 0 Å². The average Bonchev–Trinajstić information content (AvgIpc) is 2.91. The summed E-state index contributed by atoms with van der Waals surface area (Å²) in [6.07, 6.45) is 10.8. The van der Waals surface area contributed by atoms with Gasteiger partial charge in [-0.3, -0.25) is 4.79 Å². The molecule has 1 aromatic heterocycles. The second-order valence-corrected chi connectivity index (χ2v) is 8.27. The van der Waals surface area contributed by atoms with Crippen LogP contribution in [0.3, 0.4) is 0 Å². The van der Waals surface area contributed by atoms with Crippen molar-refractivity contribution in [2.24, 2.45) is 0 Å². The standard InChI is InChI=1S/C22H30N4OS/c1-2-16-26-20(15-14-18-10-6-5-7-11-18)24-25-22(26)28-17-21(27)23-19-12-8-3-4-9-13-19/h2,5-7,10-11,19H,1,3-4,8-9,12-17H2,(H,23,27). The van der Waals surface area contributed by atoms with Gasteiger partial charge in [0.25, 0.3) is 0 Å². The van der Waals surface area contributed by atoms with Crippen molar-refractivity contribution in [3.05, 3.63) is 54.4 Å². The number of allylic oxidation sites excluding steroid dienone is 1. The molecule has 3 rings (SSSR count). The maximum atomic E-state index is 12.4. The molecule has 1 aliphatic rings. The predicted molar refractivity (Wildman–Crippen MR) is 114 cm³/mol. The van der Waals surface area contributed by atoms with E-state index in [2.05, 4.69) is 50.9 Å². The molecule has 1 fully saturated rings. The number of thioether (sulfide) groups is 1. The van der Waals surface area contributed by atoms with Crippen LogP contribution in [0.4, 0.5) is 0 Å². The van der Waals surface area contributed by atoms with Crippen LogP contribution in [0.1, 0.15) is 49.9 Å². The Balaban J connectivity index is 1.54. The third-order valence-electron chi connectivity index (χ3n) is 5.14. The highest BCUT2D eigenvalue weighted by Crippen LogP contribution is 2.20. The first-order valence-electron chi connectivity index (χ1n) is 10.3. The predicted octanol–water partition coefficient (Wildman–Crippen LogP) is 4.18. The van der Waals surface area contributed by atoms with Crippen molar-refractivity contribution in [2.75, 3.05) is 5.75 Å². The quantitative estimate of drug-likeness (QED) is 0.391. The lowest BCUT2D eigenvalue weighted by molar-refractivity contribution is -0.119. The zero-order valence-corrected chi connectivity index (χ0v) is 17.3. The monoisotopic (exact) mass is 398 g/mol. The lowest BCUT2D eigenvalue weighted by Gasteiger charge is -2.16. The van der Waals surface area contributed by atoms with Gasteiger partial charge in [-0.05, 0) is 24.8 Å². The van der Waals surface area contributed by atoms with Crippen molar-refractivity contribution in [2.45, 2.75) is 69.1 Å². The molecule has 0 radical (unpaired) electrons. The number of carbonyl (C=O) groups excluding carboxylic acids is 1. The molecule has 1 N–H and O–H groups in total. The van der Waals surface area contributed by atoms with Crippen molar-refractivity contribution in [1.29, 1.82) is 0 Å². The molecule has 5 nitrogen and oxygen atoms in total. The van der Waals surface area contributed by atoms with Crippen LogP contribution in [0.2, 0.25) is 0 Å². The molecule has 1 aliphatic carbocycles. The van der Waals surface area contributed by atoms with Crippen LogP contribution in [0.25, 0.3) is 0 Å². The molecule has 150 valence electrons. The Morgan fingerprint density at radius 1 is 1.14 bits per heavy atom. The Bertz CT molecular complexity index is 751. The van der Waals surface area contributed by atoms with Crippen molar-refractivity contribution >= 4 is 17.7 Å². The highest BCUT2D eigenvalue weighted by Gasteiger charge is 2.17. The molecule has 0 aliphatic heterocycles. The van der Waals surface area contributed by atoms with E-state index in [9.17, 15) is 4.79 Å². The molecule has 0 bridgehead atoms. The van der Waals surface area contributed by atoms with E-state index in [0.717, 1.165) is 36.7 Å². The van der Waals surface area contributed by atoms with Gasteiger partial charge in [-0.25, -0.2) is 0 Å². The van der Waals surface area contributed by atoms with E-state index in [1.54, 1.807) is 0 Å². The Hall–Kier alpha value is -2.08. The topological polar surface area (TPSA) is 59.8 Å². The Labute approximate surface area is 172 Å². The van der Waals surface area contributed by atoms with Crippen LogP contribution >= 0.6 is 11.8 Å². The van der Waals surface area contributed by atoms with Gasteiger partial charge in [0.15, 0.2) is 5.16 Å². The molecule has 1 aromatic carbocycles. The summed E-state index contributed by atoms with van der Waals surface area (Å²) in [5.41, 5.74) is 1.28. The maximum absolute atomic E-state index is 12.4. The molecule has 0 saturated heterocycles. The number of amides is 1. The maximum Gasteiger partial charge on any atom is 0.230 e. The van der Waals surface area contributed by atoms with Gasteiger partial charge in [0.2, 0.25) is 5.91 Å². The minimum atomic E-state index is 0.0934. The fraction of sp³-hybridized carbons (Fsp3) is 0.500. The summed E-state index contributed by atoms with van der Waals surface area (Å²) < 4.78 is 2.07. The summed E-state index contributed by atoms with van der Waals surface area (Å²) >= 11 is 1.46. The molecule has 0 atom stereocenters. The molecule has 28 heavy (non-hydrogen) atoms. The molecule has 6 heteroatoms. The number of hydrogen-bond acceptors (Lipinski definition) is 4. The molecule has 0 spiro atoms. The van der Waals surface area contributed by atoms with E-state index in [1.807, 2.05) is 12.1 Å². The van der Waals surface area contributed by atoms with Crippen molar-refractivity contribution in [1.82, 2.24) is 20.1 Å². The molecule has 1 saturated carbocycles. The van der Waals surface area contributed by atoms with Gasteiger partial charge in [0.1, 0.15) is 5.82 Å². The lowest BCUT2D eigenvalue weighted by Crippen LogP contribution is -2.35. The SMILES string of the molecule is C=CCn1c(CCc2ccccc2)nnc1SCC(=O)NC1CCCCCC1. The summed E-state index contributed by atoms with van der Waals surface area (Å²) in [5.74, 6) is 1.41. The van der Waals surface area contributed by atoms with Gasteiger partial charge in [0, 0.05) is 19.0 Å².